The molecule has 0 spiro atoms. The van der Waals surface area contributed by atoms with Gasteiger partial charge in [-0.15, -0.1) is 0 Å². The zero-order valence-corrected chi connectivity index (χ0v) is 17.1. The Balaban J connectivity index is 1.89. The number of carbonyl (C=O) groups excluding carboxylic acids is 1. The van der Waals surface area contributed by atoms with Crippen molar-refractivity contribution in [3.8, 4) is 5.75 Å². The summed E-state index contributed by atoms with van der Waals surface area (Å²) in [7, 11) is 1.58. The Morgan fingerprint density at radius 2 is 1.86 bits per heavy atom. The summed E-state index contributed by atoms with van der Waals surface area (Å²) >= 11 is 0. The van der Waals surface area contributed by atoms with Crippen molar-refractivity contribution in [1.29, 1.82) is 0 Å². The Morgan fingerprint density at radius 3 is 2.48 bits per heavy atom. The minimum atomic E-state index is -1.36. The maximum absolute atomic E-state index is 13.0. The number of aliphatic carboxylic acids is 1. The topological polar surface area (TPSA) is 76.1 Å². The highest BCUT2D eigenvalue weighted by molar-refractivity contribution is 5.85. The van der Waals surface area contributed by atoms with E-state index < -0.39 is 17.6 Å². The highest BCUT2D eigenvalue weighted by Gasteiger charge is 2.50. The van der Waals surface area contributed by atoms with Gasteiger partial charge in [-0.3, -0.25) is 4.90 Å². The number of fused-ring (bicyclic) bond motifs is 1. The van der Waals surface area contributed by atoms with Crippen LogP contribution in [0.4, 0.5) is 4.79 Å². The van der Waals surface area contributed by atoms with Crippen LogP contribution in [0.5, 0.6) is 5.75 Å². The second kappa shape index (κ2) is 8.55. The minimum Gasteiger partial charge on any atom is -0.497 e. The van der Waals surface area contributed by atoms with Gasteiger partial charge in [-0.2, -0.15) is 0 Å². The van der Waals surface area contributed by atoms with Crippen LogP contribution in [0.1, 0.15) is 37.0 Å². The van der Waals surface area contributed by atoms with E-state index in [0.717, 1.165) is 16.7 Å². The number of amides is 1. The molecule has 0 bridgehead atoms. The van der Waals surface area contributed by atoms with Gasteiger partial charge in [0.25, 0.3) is 0 Å². The molecule has 1 aliphatic rings. The van der Waals surface area contributed by atoms with Gasteiger partial charge < -0.3 is 14.6 Å². The highest BCUT2D eigenvalue weighted by atomic mass is 16.6. The van der Waals surface area contributed by atoms with Crippen molar-refractivity contribution in [1.82, 2.24) is 4.90 Å². The summed E-state index contributed by atoms with van der Waals surface area (Å²) in [5.74, 6) is -0.343. The molecule has 0 saturated carbocycles. The fraction of sp³-hybridized carbons (Fsp3) is 0.391. The quantitative estimate of drug-likeness (QED) is 0.796. The van der Waals surface area contributed by atoms with E-state index in [9.17, 15) is 14.7 Å². The third-order valence-electron chi connectivity index (χ3n) is 5.48. The van der Waals surface area contributed by atoms with E-state index in [1.807, 2.05) is 62.4 Å². The molecule has 0 aromatic heterocycles. The van der Waals surface area contributed by atoms with Gasteiger partial charge in [-0.05, 0) is 55.5 Å². The number of carboxylic acids is 1. The lowest BCUT2D eigenvalue weighted by molar-refractivity contribution is -0.153. The van der Waals surface area contributed by atoms with Crippen molar-refractivity contribution >= 4 is 12.1 Å². The van der Waals surface area contributed by atoms with Gasteiger partial charge in [-0.1, -0.05) is 36.4 Å². The number of benzene rings is 2. The summed E-state index contributed by atoms with van der Waals surface area (Å²) in [5.41, 5.74) is 1.47. The van der Waals surface area contributed by atoms with Crippen molar-refractivity contribution in [2.45, 2.75) is 51.3 Å². The number of carbonyl (C=O) groups is 2. The van der Waals surface area contributed by atoms with E-state index in [-0.39, 0.29) is 19.1 Å². The number of carboxylic acid groups (broad SMARTS) is 1. The molecule has 0 saturated heterocycles. The van der Waals surface area contributed by atoms with Gasteiger partial charge >= 0.3 is 12.1 Å². The molecule has 1 aliphatic carbocycles. The van der Waals surface area contributed by atoms with Crippen LogP contribution < -0.4 is 4.74 Å². The molecule has 1 atom stereocenters. The molecule has 0 aliphatic heterocycles. The molecule has 1 amide bonds. The summed E-state index contributed by atoms with van der Waals surface area (Å²) in [6, 6.07) is 14.7. The van der Waals surface area contributed by atoms with E-state index >= 15 is 0 Å². The van der Waals surface area contributed by atoms with E-state index in [0.29, 0.717) is 18.6 Å². The fourth-order valence-corrected chi connectivity index (χ4v) is 4.04. The third-order valence-corrected chi connectivity index (χ3v) is 5.48. The van der Waals surface area contributed by atoms with E-state index in [2.05, 4.69) is 0 Å². The normalized spacial score (nSPS) is 18.1. The van der Waals surface area contributed by atoms with Crippen LogP contribution in [0.2, 0.25) is 0 Å². The number of ether oxygens (including phenoxy) is 2. The molecule has 6 heteroatoms. The van der Waals surface area contributed by atoms with Crippen LogP contribution in [0.3, 0.4) is 0 Å². The fourth-order valence-electron chi connectivity index (χ4n) is 4.04. The predicted molar refractivity (Wildman–Crippen MR) is 109 cm³/mol. The SMILES string of the molecule is COc1ccc2c(c1)CC(C(=O)O)(N(C(=O)OCc1ccccc1)C(C)C)CC2. The monoisotopic (exact) mass is 397 g/mol. The van der Waals surface area contributed by atoms with Crippen LogP contribution in [0.15, 0.2) is 48.5 Å². The zero-order chi connectivity index (χ0) is 21.0. The molecular formula is C23H27NO5. The van der Waals surface area contributed by atoms with Gasteiger partial charge in [0.1, 0.15) is 17.9 Å². The lowest BCUT2D eigenvalue weighted by Crippen LogP contribution is -2.62. The highest BCUT2D eigenvalue weighted by Crippen LogP contribution is 2.37. The first-order valence-corrected chi connectivity index (χ1v) is 9.76. The van der Waals surface area contributed by atoms with Gasteiger partial charge in [0, 0.05) is 12.5 Å². The molecule has 29 heavy (non-hydrogen) atoms. The van der Waals surface area contributed by atoms with Gasteiger partial charge in [0.15, 0.2) is 0 Å². The molecule has 6 nitrogen and oxygen atoms in total. The number of rotatable bonds is 6. The van der Waals surface area contributed by atoms with Crippen molar-refractivity contribution in [2.24, 2.45) is 0 Å². The summed E-state index contributed by atoms with van der Waals surface area (Å²) in [5, 5.41) is 10.2. The summed E-state index contributed by atoms with van der Waals surface area (Å²) in [6.45, 7) is 3.73. The van der Waals surface area contributed by atoms with Crippen LogP contribution in [0.25, 0.3) is 0 Å². The Labute approximate surface area is 171 Å². The predicted octanol–water partition coefficient (Wildman–Crippen LogP) is 4.05. The largest absolute Gasteiger partial charge is 0.497 e. The first-order valence-electron chi connectivity index (χ1n) is 9.76. The van der Waals surface area contributed by atoms with Crippen molar-refractivity contribution in [3.63, 3.8) is 0 Å². The van der Waals surface area contributed by atoms with E-state index in [4.69, 9.17) is 9.47 Å². The van der Waals surface area contributed by atoms with Gasteiger partial charge in [0.05, 0.1) is 7.11 Å². The summed E-state index contributed by atoms with van der Waals surface area (Å²) < 4.78 is 10.8. The summed E-state index contributed by atoms with van der Waals surface area (Å²) in [4.78, 5) is 26.9. The molecule has 2 aromatic rings. The third kappa shape index (κ3) is 4.21. The Bertz CT molecular complexity index is 880. The van der Waals surface area contributed by atoms with Crippen LogP contribution >= 0.6 is 0 Å². The lowest BCUT2D eigenvalue weighted by Gasteiger charge is -2.45. The minimum absolute atomic E-state index is 0.100. The Kier molecular flexibility index (Phi) is 6.11. The molecule has 0 fully saturated rings. The van der Waals surface area contributed by atoms with Crippen molar-refractivity contribution in [3.05, 3.63) is 65.2 Å². The summed E-state index contributed by atoms with van der Waals surface area (Å²) in [6.07, 6.45) is 0.506. The molecule has 2 aromatic carbocycles. The smallest absolute Gasteiger partial charge is 0.411 e. The number of hydrogen-bond donors (Lipinski definition) is 1. The van der Waals surface area contributed by atoms with Crippen molar-refractivity contribution < 1.29 is 24.2 Å². The molecule has 154 valence electrons. The van der Waals surface area contributed by atoms with Crippen LogP contribution in [0, 0.1) is 0 Å². The molecule has 3 rings (SSSR count). The standard InChI is InChI=1S/C23H27NO5/c1-16(2)24(22(27)29-15-17-7-5-4-6-8-17)23(21(25)26)12-11-18-9-10-20(28-3)13-19(18)14-23/h4-10,13,16H,11-12,14-15H2,1-3H3,(H,25,26). The molecular weight excluding hydrogens is 370 g/mol. The van der Waals surface area contributed by atoms with Crippen LogP contribution in [-0.4, -0.2) is 40.8 Å². The molecule has 1 N–H and O–H groups in total. The first kappa shape index (κ1) is 20.7. The number of hydrogen-bond acceptors (Lipinski definition) is 4. The average molecular weight is 397 g/mol. The number of nitrogens with zero attached hydrogens (tertiary/aromatic N) is 1. The molecule has 0 radical (unpaired) electrons. The molecule has 0 heterocycles. The second-order valence-electron chi connectivity index (χ2n) is 7.65. The van der Waals surface area contributed by atoms with Gasteiger partial charge in [0.2, 0.25) is 0 Å². The Hall–Kier alpha value is -3.02. The van der Waals surface area contributed by atoms with Gasteiger partial charge in [-0.25, -0.2) is 9.59 Å². The maximum Gasteiger partial charge on any atom is 0.411 e. The number of methoxy groups -OCH3 is 1. The van der Waals surface area contributed by atoms with Crippen molar-refractivity contribution in [2.75, 3.05) is 7.11 Å². The number of aryl methyl sites for hydroxylation is 1. The molecule has 1 unspecified atom stereocenters. The maximum atomic E-state index is 13.0. The van der Waals surface area contributed by atoms with Crippen LogP contribution in [-0.2, 0) is 29.0 Å². The Morgan fingerprint density at radius 1 is 1.14 bits per heavy atom. The van der Waals surface area contributed by atoms with E-state index in [1.54, 1.807) is 7.11 Å². The average Bonchev–Trinajstić information content (AvgIpc) is 2.72. The second-order valence-corrected chi connectivity index (χ2v) is 7.65. The lowest BCUT2D eigenvalue weighted by atomic mass is 9.76. The first-order chi connectivity index (χ1) is 13.9. The van der Waals surface area contributed by atoms with E-state index in [1.165, 1.54) is 4.90 Å². The zero-order valence-electron chi connectivity index (χ0n) is 17.1.